The first kappa shape index (κ1) is 22.6. The van der Waals surface area contributed by atoms with Crippen LogP contribution in [0.2, 0.25) is 0 Å². The Morgan fingerprint density at radius 2 is 1.93 bits per heavy atom. The summed E-state index contributed by atoms with van der Waals surface area (Å²) >= 11 is 5.43. The molecule has 1 aromatic rings. The number of esters is 1. The van der Waals surface area contributed by atoms with Crippen molar-refractivity contribution >= 4 is 34.9 Å². The van der Waals surface area contributed by atoms with Crippen molar-refractivity contribution in [1.82, 2.24) is 4.90 Å². The summed E-state index contributed by atoms with van der Waals surface area (Å²) in [7, 11) is 0. The number of hydrogen-bond acceptors (Lipinski definition) is 8. The number of hydrogen-bond donors (Lipinski definition) is 2. The van der Waals surface area contributed by atoms with Gasteiger partial charge in [0.2, 0.25) is 5.91 Å². The van der Waals surface area contributed by atoms with Crippen LogP contribution >= 0.6 is 12.2 Å². The summed E-state index contributed by atoms with van der Waals surface area (Å²) in [6.07, 6.45) is -3.32. The molecule has 0 radical (unpaired) electrons. The van der Waals surface area contributed by atoms with Gasteiger partial charge >= 0.3 is 5.97 Å². The number of benzene rings is 1. The lowest BCUT2D eigenvalue weighted by Crippen LogP contribution is -2.57. The number of nitrogens with one attached hydrogen (secondary N) is 1. The fraction of sp³-hybridized carbons (Fsp3) is 0.550. The molecule has 0 aliphatic carbocycles. The molecule has 2 saturated heterocycles. The Morgan fingerprint density at radius 3 is 2.50 bits per heavy atom. The lowest BCUT2D eigenvalue weighted by molar-refractivity contribution is -0.225. The van der Waals surface area contributed by atoms with E-state index in [1.54, 1.807) is 26.0 Å². The third-order valence-corrected chi connectivity index (χ3v) is 5.11. The number of aliphatic hydroxyl groups excluding tert-OH is 1. The quantitative estimate of drug-likeness (QED) is 0.521. The average Bonchev–Trinajstić information content (AvgIpc) is 3.12. The highest BCUT2D eigenvalue weighted by Crippen LogP contribution is 2.40. The van der Waals surface area contributed by atoms with Gasteiger partial charge in [-0.15, -0.1) is 0 Å². The van der Waals surface area contributed by atoms with E-state index < -0.39 is 54.9 Å². The number of nitrogens with zero attached hydrogens (tertiary/aromatic N) is 1. The molecule has 2 aliphatic rings. The van der Waals surface area contributed by atoms with Crippen LogP contribution in [0.5, 0.6) is 0 Å². The minimum Gasteiger partial charge on any atom is -0.457 e. The van der Waals surface area contributed by atoms with E-state index >= 15 is 0 Å². The highest BCUT2D eigenvalue weighted by Gasteiger charge is 2.59. The van der Waals surface area contributed by atoms with Gasteiger partial charge in [-0.1, -0.05) is 18.2 Å². The molecule has 2 aliphatic heterocycles. The lowest BCUT2D eigenvalue weighted by atomic mass is 10.0. The molecule has 3 rings (SSSR count). The first-order chi connectivity index (χ1) is 14.1. The molecule has 2 N–H and O–H groups in total. The Bertz CT molecular complexity index is 804. The first-order valence-corrected chi connectivity index (χ1v) is 9.99. The van der Waals surface area contributed by atoms with E-state index in [0.717, 1.165) is 0 Å². The standard InChI is InChI=1S/C20H26N2O7S/c1-11(24)22(19(30)21-13-8-6-5-7-9-13)14(10-23)15-16(26-12(2)25)17-18(27-15)29-20(3,4)28-17/h5-9,14-18,23H,10H2,1-4H3,(H,21,30)/t14-,15-,16+,17-,18-/m1/s1. The predicted octanol–water partition coefficient (Wildman–Crippen LogP) is 1.40. The summed E-state index contributed by atoms with van der Waals surface area (Å²) in [5.41, 5.74) is 0.680. The van der Waals surface area contributed by atoms with Crippen LogP contribution in [0.3, 0.4) is 0 Å². The number of anilines is 1. The van der Waals surface area contributed by atoms with E-state index in [2.05, 4.69) is 5.32 Å². The van der Waals surface area contributed by atoms with Crippen molar-refractivity contribution in [3.63, 3.8) is 0 Å². The summed E-state index contributed by atoms with van der Waals surface area (Å²) < 4.78 is 23.0. The van der Waals surface area contributed by atoms with Crippen LogP contribution in [0, 0.1) is 0 Å². The largest absolute Gasteiger partial charge is 0.457 e. The maximum atomic E-state index is 12.5. The summed E-state index contributed by atoms with van der Waals surface area (Å²) in [5.74, 6) is -1.87. The number of carbonyl (C=O) groups excluding carboxylic acids is 2. The molecule has 0 bridgehead atoms. The molecule has 2 fully saturated rings. The molecule has 1 aromatic carbocycles. The van der Waals surface area contributed by atoms with Crippen molar-refractivity contribution < 1.29 is 33.6 Å². The number of thiocarbonyl (C=S) groups is 1. The SMILES string of the molecule is CC(=O)O[C@@H]1[C@H]2OC(C)(C)O[C@H]2O[C@@H]1[C@@H](CO)N(C(C)=O)C(=S)Nc1ccccc1. The Balaban J connectivity index is 1.86. The third-order valence-electron chi connectivity index (χ3n) is 4.81. The van der Waals surface area contributed by atoms with Crippen molar-refractivity contribution in [2.24, 2.45) is 0 Å². The molecule has 1 amide bonds. The van der Waals surface area contributed by atoms with Crippen molar-refractivity contribution in [2.75, 3.05) is 11.9 Å². The molecule has 10 heteroatoms. The van der Waals surface area contributed by atoms with Crippen molar-refractivity contribution in [1.29, 1.82) is 0 Å². The zero-order valence-electron chi connectivity index (χ0n) is 17.2. The fourth-order valence-electron chi connectivity index (χ4n) is 3.70. The molecular weight excluding hydrogens is 412 g/mol. The van der Waals surface area contributed by atoms with Crippen LogP contribution in [0.1, 0.15) is 27.7 Å². The Morgan fingerprint density at radius 1 is 1.27 bits per heavy atom. The summed E-state index contributed by atoms with van der Waals surface area (Å²) in [5, 5.41) is 13.2. The number of amides is 1. The van der Waals surface area contributed by atoms with Gasteiger partial charge in [-0.05, 0) is 38.2 Å². The number of aliphatic hydroxyl groups is 1. The maximum Gasteiger partial charge on any atom is 0.303 e. The summed E-state index contributed by atoms with van der Waals surface area (Å²) in [4.78, 5) is 25.4. The Hall–Kier alpha value is -2.11. The van der Waals surface area contributed by atoms with Crippen LogP contribution in [0.25, 0.3) is 0 Å². The van der Waals surface area contributed by atoms with E-state index in [-0.39, 0.29) is 5.11 Å². The molecule has 9 nitrogen and oxygen atoms in total. The van der Waals surface area contributed by atoms with Gasteiger partial charge in [0.25, 0.3) is 0 Å². The van der Waals surface area contributed by atoms with Gasteiger partial charge in [-0.25, -0.2) is 0 Å². The number of fused-ring (bicyclic) bond motifs is 1. The minimum absolute atomic E-state index is 0.0807. The van der Waals surface area contributed by atoms with Crippen molar-refractivity contribution in [3.8, 4) is 0 Å². The second-order valence-electron chi connectivity index (χ2n) is 7.58. The Kier molecular flexibility index (Phi) is 6.73. The van der Waals surface area contributed by atoms with E-state index in [0.29, 0.717) is 5.69 Å². The van der Waals surface area contributed by atoms with E-state index in [9.17, 15) is 14.7 Å². The van der Waals surface area contributed by atoms with E-state index in [1.165, 1.54) is 18.7 Å². The van der Waals surface area contributed by atoms with Crippen LogP contribution in [0.15, 0.2) is 30.3 Å². The molecule has 5 atom stereocenters. The zero-order chi connectivity index (χ0) is 22.1. The molecule has 0 unspecified atom stereocenters. The van der Waals surface area contributed by atoms with Crippen LogP contribution in [-0.2, 0) is 28.5 Å². The molecule has 0 spiro atoms. The number of carbonyl (C=O) groups is 2. The molecule has 0 aromatic heterocycles. The van der Waals surface area contributed by atoms with Gasteiger partial charge in [-0.2, -0.15) is 0 Å². The summed E-state index contributed by atoms with van der Waals surface area (Å²) in [6, 6.07) is 8.14. The van der Waals surface area contributed by atoms with Crippen molar-refractivity contribution in [2.45, 2.75) is 64.1 Å². The van der Waals surface area contributed by atoms with E-state index in [4.69, 9.17) is 31.2 Å². The topological polar surface area (TPSA) is 107 Å². The van der Waals surface area contributed by atoms with Gasteiger partial charge in [-0.3, -0.25) is 14.5 Å². The monoisotopic (exact) mass is 438 g/mol. The Labute approximate surface area is 180 Å². The maximum absolute atomic E-state index is 12.5. The van der Waals surface area contributed by atoms with Gasteiger partial charge < -0.3 is 29.4 Å². The zero-order valence-corrected chi connectivity index (χ0v) is 18.0. The molecular formula is C20H26N2O7S. The molecule has 164 valence electrons. The number of rotatable bonds is 5. The normalized spacial score (nSPS) is 27.8. The average molecular weight is 439 g/mol. The lowest BCUT2D eigenvalue weighted by Gasteiger charge is -2.36. The fourth-order valence-corrected chi connectivity index (χ4v) is 4.09. The highest BCUT2D eigenvalue weighted by atomic mass is 32.1. The van der Waals surface area contributed by atoms with Gasteiger partial charge in [0.15, 0.2) is 29.4 Å². The van der Waals surface area contributed by atoms with Gasteiger partial charge in [0.05, 0.1) is 12.6 Å². The van der Waals surface area contributed by atoms with E-state index in [1.807, 2.05) is 18.2 Å². The van der Waals surface area contributed by atoms with Gasteiger partial charge in [0.1, 0.15) is 6.10 Å². The summed E-state index contributed by atoms with van der Waals surface area (Å²) in [6.45, 7) is 5.55. The predicted molar refractivity (Wildman–Crippen MR) is 110 cm³/mol. The smallest absolute Gasteiger partial charge is 0.303 e. The minimum atomic E-state index is -0.934. The third kappa shape index (κ3) is 4.79. The second kappa shape index (κ2) is 8.94. The number of ether oxygens (including phenoxy) is 4. The second-order valence-corrected chi connectivity index (χ2v) is 7.97. The van der Waals surface area contributed by atoms with Crippen molar-refractivity contribution in [3.05, 3.63) is 30.3 Å². The van der Waals surface area contributed by atoms with Crippen LogP contribution in [-0.4, -0.2) is 70.0 Å². The first-order valence-electron chi connectivity index (χ1n) is 9.58. The van der Waals surface area contributed by atoms with Crippen LogP contribution in [0.4, 0.5) is 5.69 Å². The molecule has 30 heavy (non-hydrogen) atoms. The van der Waals surface area contributed by atoms with Gasteiger partial charge in [0, 0.05) is 19.5 Å². The molecule has 0 saturated carbocycles. The molecule has 2 heterocycles. The highest BCUT2D eigenvalue weighted by molar-refractivity contribution is 7.80. The number of para-hydroxylation sites is 1. The van der Waals surface area contributed by atoms with Crippen LogP contribution < -0.4 is 5.32 Å².